The molecular weight excluding hydrogens is 667 g/mol. The molecule has 51 heavy (non-hydrogen) atoms. The van der Waals surface area contributed by atoms with Crippen LogP contribution >= 0.6 is 0 Å². The number of carbonyl (C=O) groups is 3. The molecule has 1 saturated carbocycles. The van der Waals surface area contributed by atoms with Crippen LogP contribution in [0.2, 0.25) is 0 Å². The van der Waals surface area contributed by atoms with E-state index in [2.05, 4.69) is 16.0 Å². The van der Waals surface area contributed by atoms with Gasteiger partial charge in [-0.05, 0) is 88.4 Å². The van der Waals surface area contributed by atoms with E-state index in [-0.39, 0.29) is 54.2 Å². The first-order chi connectivity index (χ1) is 24.2. The molecule has 0 unspecified atom stereocenters. The zero-order valence-electron chi connectivity index (χ0n) is 29.9. The molecule has 11 nitrogen and oxygen atoms in total. The van der Waals surface area contributed by atoms with Crippen LogP contribution in [0.15, 0.2) is 42.5 Å². The molecule has 4 rings (SSSR count). The fourth-order valence-electron chi connectivity index (χ4n) is 6.38. The van der Waals surface area contributed by atoms with Crippen molar-refractivity contribution in [3.8, 4) is 5.75 Å². The van der Waals surface area contributed by atoms with Crippen molar-refractivity contribution < 1.29 is 42.1 Å². The molecular formula is C37H52F3N5O6. The second-order valence-corrected chi connectivity index (χ2v) is 13.8. The van der Waals surface area contributed by atoms with E-state index in [0.717, 1.165) is 62.8 Å². The van der Waals surface area contributed by atoms with Crippen molar-refractivity contribution in [1.29, 1.82) is 0 Å². The maximum atomic E-state index is 14.4. The van der Waals surface area contributed by atoms with E-state index >= 15 is 0 Å². The van der Waals surface area contributed by atoms with Gasteiger partial charge in [0.2, 0.25) is 0 Å². The van der Waals surface area contributed by atoms with Crippen molar-refractivity contribution in [3.05, 3.63) is 53.6 Å². The van der Waals surface area contributed by atoms with Gasteiger partial charge in [-0.15, -0.1) is 0 Å². The first kappa shape index (κ1) is 39.7. The predicted octanol–water partition coefficient (Wildman–Crippen LogP) is 7.12. The highest BCUT2D eigenvalue weighted by Gasteiger charge is 2.32. The Hall–Kier alpha value is -4.04. The highest BCUT2D eigenvalue weighted by molar-refractivity contribution is 6.02. The predicted molar refractivity (Wildman–Crippen MR) is 189 cm³/mol. The third-order valence-corrected chi connectivity index (χ3v) is 9.51. The fraction of sp³-hybridized carbons (Fsp3) is 0.595. The lowest BCUT2D eigenvalue weighted by molar-refractivity contribution is -0.137. The van der Waals surface area contributed by atoms with Gasteiger partial charge < -0.3 is 40.3 Å². The van der Waals surface area contributed by atoms with Gasteiger partial charge in [-0.1, -0.05) is 26.2 Å². The lowest BCUT2D eigenvalue weighted by Gasteiger charge is -2.36. The Kier molecular flexibility index (Phi) is 14.4. The number of aliphatic hydroxyl groups is 1. The molecule has 2 aromatic rings. The number of amides is 5. The molecule has 2 aromatic carbocycles. The Bertz CT molecular complexity index is 1450. The van der Waals surface area contributed by atoms with E-state index < -0.39 is 35.8 Å². The molecule has 0 spiro atoms. The van der Waals surface area contributed by atoms with E-state index in [4.69, 9.17) is 9.47 Å². The number of hydrogen-bond acceptors (Lipinski definition) is 6. The Balaban J connectivity index is 1.55. The molecule has 1 heterocycles. The first-order valence-electron chi connectivity index (χ1n) is 17.9. The number of alkyl halides is 3. The van der Waals surface area contributed by atoms with Crippen molar-refractivity contribution in [1.82, 2.24) is 15.1 Å². The topological polar surface area (TPSA) is 132 Å². The largest absolute Gasteiger partial charge is 0.490 e. The van der Waals surface area contributed by atoms with Crippen LogP contribution in [0.5, 0.6) is 5.75 Å². The standard InChI is InChI=1S/C37H52F3N5O6/c1-24-21-45(25(2)23-46)34(47)31-20-30(42-35(48)41-29-15-13-27(14-16-29)37(38,39)40)17-18-32(31)51-26(3)10-8-9-19-50-33(24)22-44(4)36(49)43-28-11-6-5-7-12-28/h13-18,20,24-26,28,33,46H,5-12,19,21-23H2,1-4H3,(H,43,49)(H2,41,42,48)/t24-,25-,26+,33-/m1/s1. The number of fused-ring (bicyclic) bond motifs is 1. The Morgan fingerprint density at radius 2 is 1.63 bits per heavy atom. The number of ether oxygens (including phenoxy) is 2. The fourth-order valence-corrected chi connectivity index (χ4v) is 6.38. The normalized spacial score (nSPS) is 21.8. The molecule has 1 fully saturated rings. The van der Waals surface area contributed by atoms with E-state index in [1.807, 2.05) is 13.8 Å². The van der Waals surface area contributed by atoms with Gasteiger partial charge >= 0.3 is 18.2 Å². The third-order valence-electron chi connectivity index (χ3n) is 9.51. The third kappa shape index (κ3) is 11.7. The summed E-state index contributed by atoms with van der Waals surface area (Å²) < 4.78 is 51.5. The zero-order valence-corrected chi connectivity index (χ0v) is 29.9. The number of benzene rings is 2. The quantitative estimate of drug-likeness (QED) is 0.241. The van der Waals surface area contributed by atoms with Gasteiger partial charge in [0.1, 0.15) is 5.75 Å². The molecule has 4 N–H and O–H groups in total. The number of rotatable bonds is 7. The van der Waals surface area contributed by atoms with Gasteiger partial charge in [0, 0.05) is 50.1 Å². The average molecular weight is 720 g/mol. The van der Waals surface area contributed by atoms with Crippen LogP contribution in [0.3, 0.4) is 0 Å². The van der Waals surface area contributed by atoms with Crippen LogP contribution in [0.25, 0.3) is 0 Å². The molecule has 5 amide bonds. The van der Waals surface area contributed by atoms with Crippen LogP contribution in [-0.4, -0.2) is 90.5 Å². The minimum atomic E-state index is -4.50. The first-order valence-corrected chi connectivity index (χ1v) is 17.9. The van der Waals surface area contributed by atoms with Gasteiger partial charge in [-0.3, -0.25) is 4.79 Å². The summed E-state index contributed by atoms with van der Waals surface area (Å²) in [5.74, 6) is -0.362. The number of urea groups is 2. The molecule has 282 valence electrons. The summed E-state index contributed by atoms with van der Waals surface area (Å²) in [6.07, 6.45) is 2.44. The Morgan fingerprint density at radius 3 is 2.29 bits per heavy atom. The number of nitrogens with zero attached hydrogens (tertiary/aromatic N) is 2. The second kappa shape index (κ2) is 18.5. The van der Waals surface area contributed by atoms with Crippen LogP contribution in [0.4, 0.5) is 34.1 Å². The van der Waals surface area contributed by atoms with E-state index in [0.29, 0.717) is 25.3 Å². The molecule has 1 aliphatic carbocycles. The summed E-state index contributed by atoms with van der Waals surface area (Å²) in [6, 6.07) is 7.40. The van der Waals surface area contributed by atoms with Crippen molar-refractivity contribution in [3.63, 3.8) is 0 Å². The molecule has 4 atom stereocenters. The van der Waals surface area contributed by atoms with Crippen molar-refractivity contribution in [2.45, 2.75) is 103 Å². The van der Waals surface area contributed by atoms with Gasteiger partial charge in [-0.25, -0.2) is 9.59 Å². The minimum Gasteiger partial charge on any atom is -0.490 e. The number of carbonyl (C=O) groups excluding carboxylic acids is 3. The van der Waals surface area contributed by atoms with Crippen molar-refractivity contribution in [2.75, 3.05) is 44.0 Å². The smallest absolute Gasteiger partial charge is 0.416 e. The molecule has 0 bridgehead atoms. The van der Waals surface area contributed by atoms with Gasteiger partial charge in [0.05, 0.1) is 36.0 Å². The monoisotopic (exact) mass is 719 g/mol. The highest BCUT2D eigenvalue weighted by Crippen LogP contribution is 2.31. The molecule has 0 aromatic heterocycles. The van der Waals surface area contributed by atoms with Crippen LogP contribution in [-0.2, 0) is 10.9 Å². The summed E-state index contributed by atoms with van der Waals surface area (Å²) >= 11 is 0. The molecule has 0 radical (unpaired) electrons. The average Bonchev–Trinajstić information content (AvgIpc) is 3.09. The summed E-state index contributed by atoms with van der Waals surface area (Å²) in [5, 5.41) is 18.5. The van der Waals surface area contributed by atoms with Crippen molar-refractivity contribution >= 4 is 29.3 Å². The van der Waals surface area contributed by atoms with E-state index in [1.165, 1.54) is 12.5 Å². The molecule has 0 saturated heterocycles. The SMILES string of the molecule is C[C@@H]1CN([C@H](C)CO)C(=O)c2cc(NC(=O)Nc3ccc(C(F)(F)F)cc3)ccc2O[C@@H](C)CCCCO[C@@H]1CN(C)C(=O)NC1CCCCC1. The van der Waals surface area contributed by atoms with Crippen LogP contribution in [0, 0.1) is 5.92 Å². The number of hydrogen-bond donors (Lipinski definition) is 4. The number of nitrogens with one attached hydrogen (secondary N) is 3. The number of likely N-dealkylation sites (N-methyl/N-ethyl adjacent to an activating group) is 1. The lowest BCUT2D eigenvalue weighted by Crippen LogP contribution is -2.50. The maximum absolute atomic E-state index is 14.4. The Morgan fingerprint density at radius 1 is 0.980 bits per heavy atom. The van der Waals surface area contributed by atoms with E-state index in [1.54, 1.807) is 35.9 Å². The minimum absolute atomic E-state index is 0.151. The Labute approximate surface area is 298 Å². The van der Waals surface area contributed by atoms with Crippen LogP contribution < -0.4 is 20.7 Å². The van der Waals surface area contributed by atoms with E-state index in [9.17, 15) is 32.7 Å². The number of aliphatic hydroxyl groups excluding tert-OH is 1. The summed E-state index contributed by atoms with van der Waals surface area (Å²) in [5.41, 5.74) is -0.271. The van der Waals surface area contributed by atoms with Gasteiger partial charge in [0.25, 0.3) is 5.91 Å². The van der Waals surface area contributed by atoms with Crippen molar-refractivity contribution in [2.24, 2.45) is 5.92 Å². The lowest BCUT2D eigenvalue weighted by atomic mass is 9.96. The number of halogens is 3. The summed E-state index contributed by atoms with van der Waals surface area (Å²) in [4.78, 5) is 43.5. The number of anilines is 2. The van der Waals surface area contributed by atoms with Crippen LogP contribution in [0.1, 0.15) is 88.1 Å². The molecule has 14 heteroatoms. The van der Waals surface area contributed by atoms with Gasteiger partial charge in [0.15, 0.2) is 0 Å². The molecule has 2 aliphatic rings. The second-order valence-electron chi connectivity index (χ2n) is 13.8. The maximum Gasteiger partial charge on any atom is 0.416 e. The zero-order chi connectivity index (χ0) is 37.1. The highest BCUT2D eigenvalue weighted by atomic mass is 19.4. The van der Waals surface area contributed by atoms with Gasteiger partial charge in [-0.2, -0.15) is 13.2 Å². The molecule has 1 aliphatic heterocycles. The summed E-state index contributed by atoms with van der Waals surface area (Å²) in [6.45, 7) is 6.27. The summed E-state index contributed by atoms with van der Waals surface area (Å²) in [7, 11) is 1.75.